The van der Waals surface area contributed by atoms with Crippen LogP contribution < -0.4 is 4.72 Å². The molecule has 1 unspecified atom stereocenters. The lowest BCUT2D eigenvalue weighted by Crippen LogP contribution is -2.25. The summed E-state index contributed by atoms with van der Waals surface area (Å²) in [6, 6.07) is 0. The Labute approximate surface area is 55.5 Å². The zero-order valence-electron chi connectivity index (χ0n) is 5.30. The summed E-state index contributed by atoms with van der Waals surface area (Å²) in [4.78, 5) is 0. The highest BCUT2D eigenvalue weighted by molar-refractivity contribution is 8.32. The van der Waals surface area contributed by atoms with Crippen molar-refractivity contribution in [3.8, 4) is 0 Å². The van der Waals surface area contributed by atoms with Gasteiger partial charge in [-0.25, -0.2) is 8.93 Å². The van der Waals surface area contributed by atoms with E-state index in [4.69, 9.17) is 0 Å². The van der Waals surface area contributed by atoms with Gasteiger partial charge in [0.1, 0.15) is 0 Å². The van der Waals surface area contributed by atoms with E-state index >= 15 is 0 Å². The predicted octanol–water partition coefficient (Wildman–Crippen LogP) is 0.275. The molecule has 4 heteroatoms. The normalized spacial score (nSPS) is 18.5. The van der Waals surface area contributed by atoms with E-state index < -0.39 is 8.68 Å². The van der Waals surface area contributed by atoms with E-state index in [-0.39, 0.29) is 5.25 Å². The van der Waals surface area contributed by atoms with Gasteiger partial charge in [-0.2, -0.15) is 0 Å². The van der Waals surface area contributed by atoms with E-state index in [1.807, 2.05) is 13.8 Å². The van der Waals surface area contributed by atoms with Gasteiger partial charge in [0.05, 0.1) is 8.68 Å². The van der Waals surface area contributed by atoms with Crippen LogP contribution in [0.4, 0.5) is 0 Å². The van der Waals surface area contributed by atoms with Crippen molar-refractivity contribution in [2.75, 3.05) is 7.05 Å². The van der Waals surface area contributed by atoms with Crippen molar-refractivity contribution in [2.45, 2.75) is 19.1 Å². The lowest BCUT2D eigenvalue weighted by atomic mass is 10.6. The van der Waals surface area contributed by atoms with Crippen LogP contribution in [-0.2, 0) is 19.9 Å². The summed E-state index contributed by atoms with van der Waals surface area (Å²) >= 11 is 4.69. The summed E-state index contributed by atoms with van der Waals surface area (Å²) < 4.78 is 13.5. The molecule has 0 bridgehead atoms. The van der Waals surface area contributed by atoms with Gasteiger partial charge in [-0.3, -0.25) is 0 Å². The second-order valence-electron chi connectivity index (χ2n) is 1.80. The minimum absolute atomic E-state index is 0.0440. The minimum atomic E-state index is -2.15. The first-order chi connectivity index (χ1) is 3.50. The van der Waals surface area contributed by atoms with Crippen molar-refractivity contribution in [1.82, 2.24) is 4.72 Å². The monoisotopic (exact) mass is 153 g/mol. The molecule has 0 amide bonds. The van der Waals surface area contributed by atoms with Gasteiger partial charge in [-0.05, 0) is 32.1 Å². The molecule has 0 fully saturated rings. The Morgan fingerprint density at radius 3 is 2.00 bits per heavy atom. The molecule has 2 nitrogen and oxygen atoms in total. The molecule has 0 aliphatic rings. The lowest BCUT2D eigenvalue weighted by Gasteiger charge is -2.06. The van der Waals surface area contributed by atoms with E-state index in [2.05, 4.69) is 15.9 Å². The molecule has 0 aromatic rings. The third-order valence-corrected chi connectivity index (χ3v) is 4.37. The Morgan fingerprint density at radius 2 is 2.00 bits per heavy atom. The molecule has 0 saturated heterocycles. The molecule has 50 valence electrons. The summed E-state index contributed by atoms with van der Waals surface area (Å²) in [6.45, 7) is 3.68. The van der Waals surface area contributed by atoms with Crippen LogP contribution in [0.5, 0.6) is 0 Å². The van der Waals surface area contributed by atoms with E-state index in [1.165, 1.54) is 0 Å². The van der Waals surface area contributed by atoms with Crippen LogP contribution in [0.15, 0.2) is 0 Å². The van der Waals surface area contributed by atoms with Gasteiger partial charge in [-0.1, -0.05) is 0 Å². The van der Waals surface area contributed by atoms with Gasteiger partial charge < -0.3 is 0 Å². The van der Waals surface area contributed by atoms with Crippen molar-refractivity contribution < 1.29 is 4.21 Å². The maximum absolute atomic E-state index is 11.0. The van der Waals surface area contributed by atoms with E-state index in [1.54, 1.807) is 7.05 Å². The first-order valence-corrected chi connectivity index (χ1v) is 4.97. The zero-order chi connectivity index (χ0) is 6.78. The Bertz CT molecular complexity index is 147. The molecule has 0 saturated carbocycles. The molecule has 0 heterocycles. The summed E-state index contributed by atoms with van der Waals surface area (Å²) in [5.41, 5.74) is 0. The SMILES string of the molecule is CNS(=O)(=S)C(C)C. The molecule has 0 rings (SSSR count). The molecular formula is C4H11NOS2. The van der Waals surface area contributed by atoms with Crippen LogP contribution in [-0.4, -0.2) is 16.5 Å². The van der Waals surface area contributed by atoms with Crippen molar-refractivity contribution in [3.63, 3.8) is 0 Å². The van der Waals surface area contributed by atoms with E-state index in [0.29, 0.717) is 0 Å². The van der Waals surface area contributed by atoms with Gasteiger partial charge in [0.15, 0.2) is 0 Å². The van der Waals surface area contributed by atoms with Gasteiger partial charge in [0.25, 0.3) is 0 Å². The van der Waals surface area contributed by atoms with Crippen LogP contribution in [0, 0.1) is 0 Å². The number of hydrogen-bond donors (Lipinski definition) is 1. The van der Waals surface area contributed by atoms with Gasteiger partial charge in [0, 0.05) is 5.25 Å². The topological polar surface area (TPSA) is 29.1 Å². The summed E-state index contributed by atoms with van der Waals surface area (Å²) in [5.74, 6) is 0. The van der Waals surface area contributed by atoms with Gasteiger partial charge in [-0.15, -0.1) is 0 Å². The largest absolute Gasteiger partial charge is 0.241 e. The first kappa shape index (κ1) is 8.33. The number of nitrogens with one attached hydrogen (secondary N) is 1. The average molecular weight is 153 g/mol. The first-order valence-electron chi connectivity index (χ1n) is 2.43. The molecule has 0 aromatic heterocycles. The molecule has 0 aromatic carbocycles. The highest BCUT2D eigenvalue weighted by atomic mass is 32.8. The van der Waals surface area contributed by atoms with Crippen LogP contribution in [0.2, 0.25) is 0 Å². The maximum atomic E-state index is 11.0. The average Bonchev–Trinajstić information content (AvgIpc) is 1.67. The molecule has 0 aliphatic carbocycles. The second kappa shape index (κ2) is 2.75. The standard InChI is InChI=1S/C4H11NOS2/c1-4(2)8(6,7)5-3/h4-5H,1-3H3. The van der Waals surface area contributed by atoms with Crippen molar-refractivity contribution >= 4 is 19.9 Å². The highest BCUT2D eigenvalue weighted by Gasteiger charge is 2.06. The van der Waals surface area contributed by atoms with Crippen LogP contribution in [0.25, 0.3) is 0 Å². The van der Waals surface area contributed by atoms with Crippen molar-refractivity contribution in [2.24, 2.45) is 0 Å². The fraction of sp³-hybridized carbons (Fsp3) is 1.00. The van der Waals surface area contributed by atoms with Crippen LogP contribution in [0.3, 0.4) is 0 Å². The summed E-state index contributed by atoms with van der Waals surface area (Å²) in [6.07, 6.45) is 0. The maximum Gasteiger partial charge on any atom is 0.0918 e. The minimum Gasteiger partial charge on any atom is -0.241 e. The number of hydrogen-bond acceptors (Lipinski definition) is 2. The molecule has 1 N–H and O–H groups in total. The number of rotatable bonds is 2. The van der Waals surface area contributed by atoms with Crippen LogP contribution in [0.1, 0.15) is 13.8 Å². The predicted molar refractivity (Wildman–Crippen MR) is 39.7 cm³/mol. The smallest absolute Gasteiger partial charge is 0.0918 e. The third-order valence-electron chi connectivity index (χ3n) is 0.905. The molecular weight excluding hydrogens is 142 g/mol. The van der Waals surface area contributed by atoms with Crippen molar-refractivity contribution in [3.05, 3.63) is 0 Å². The van der Waals surface area contributed by atoms with E-state index in [9.17, 15) is 4.21 Å². The van der Waals surface area contributed by atoms with Crippen molar-refractivity contribution in [1.29, 1.82) is 0 Å². The zero-order valence-corrected chi connectivity index (χ0v) is 6.94. The van der Waals surface area contributed by atoms with E-state index in [0.717, 1.165) is 0 Å². The Hall–Kier alpha value is 0.330. The molecule has 0 radical (unpaired) electrons. The highest BCUT2D eigenvalue weighted by Crippen LogP contribution is 1.93. The quantitative estimate of drug-likeness (QED) is 0.617. The molecule has 8 heavy (non-hydrogen) atoms. The third kappa shape index (κ3) is 2.07. The molecule has 0 aliphatic heterocycles. The Balaban J connectivity index is 4.17. The lowest BCUT2D eigenvalue weighted by molar-refractivity contribution is 0.669. The van der Waals surface area contributed by atoms with Crippen LogP contribution >= 0.6 is 0 Å². The summed E-state index contributed by atoms with van der Waals surface area (Å²) in [5, 5.41) is 0.0440. The summed E-state index contributed by atoms with van der Waals surface area (Å²) in [7, 11) is -0.532. The fourth-order valence-corrected chi connectivity index (χ4v) is 0.707. The Kier molecular flexibility index (Phi) is 2.87. The molecule has 1 atom stereocenters. The molecule has 0 spiro atoms. The Morgan fingerprint density at radius 1 is 1.62 bits per heavy atom. The van der Waals surface area contributed by atoms with Gasteiger partial charge in [0.2, 0.25) is 0 Å². The second-order valence-corrected chi connectivity index (χ2v) is 5.72. The fourth-order valence-electron chi connectivity index (χ4n) is 0.236. The van der Waals surface area contributed by atoms with Gasteiger partial charge >= 0.3 is 0 Å².